The number of pyridine rings is 1. The summed E-state index contributed by atoms with van der Waals surface area (Å²) < 4.78 is 4.64. The van der Waals surface area contributed by atoms with Gasteiger partial charge in [0.05, 0.1) is 18.3 Å². The minimum atomic E-state index is -0.600. The number of anilines is 2. The molecule has 1 aromatic carbocycles. The Hall–Kier alpha value is -2.50. The fourth-order valence-electron chi connectivity index (χ4n) is 2.86. The summed E-state index contributed by atoms with van der Waals surface area (Å²) in [5.74, 6) is -0.618. The van der Waals surface area contributed by atoms with Gasteiger partial charge in [0.25, 0.3) is 0 Å². The van der Waals surface area contributed by atoms with Gasteiger partial charge in [-0.15, -0.1) is 0 Å². The number of hydrogen-bond donors (Lipinski definition) is 2. The van der Waals surface area contributed by atoms with Crippen molar-refractivity contribution in [1.82, 2.24) is 4.98 Å². The fraction of sp³-hybridized carbons (Fsp3) is 0.375. The van der Waals surface area contributed by atoms with E-state index in [0.717, 1.165) is 31.6 Å². The highest BCUT2D eigenvalue weighted by atomic mass is 16.5. The summed E-state index contributed by atoms with van der Waals surface area (Å²) in [6, 6.07) is 5.04. The Morgan fingerprint density at radius 1 is 1.27 bits per heavy atom. The first-order valence-electron chi connectivity index (χ1n) is 7.36. The Balaban J connectivity index is 2.10. The van der Waals surface area contributed by atoms with E-state index in [0.29, 0.717) is 16.6 Å². The molecule has 1 aliphatic rings. The molecule has 1 aliphatic heterocycles. The van der Waals surface area contributed by atoms with E-state index in [1.54, 1.807) is 0 Å². The molecule has 0 spiro atoms. The summed E-state index contributed by atoms with van der Waals surface area (Å²) in [6.07, 6.45) is 3.56. The van der Waals surface area contributed by atoms with Gasteiger partial charge in [0.15, 0.2) is 5.69 Å². The molecule has 1 aromatic heterocycles. The van der Waals surface area contributed by atoms with Gasteiger partial charge in [-0.25, -0.2) is 9.78 Å². The largest absolute Gasteiger partial charge is 0.507 e. The summed E-state index contributed by atoms with van der Waals surface area (Å²) in [5, 5.41) is 10.8. The number of aromatic hydroxyl groups is 1. The van der Waals surface area contributed by atoms with E-state index in [-0.39, 0.29) is 11.4 Å². The zero-order valence-electron chi connectivity index (χ0n) is 12.5. The molecule has 0 amide bonds. The second-order valence-electron chi connectivity index (χ2n) is 5.50. The predicted molar refractivity (Wildman–Crippen MR) is 85.2 cm³/mol. The van der Waals surface area contributed by atoms with Crippen LogP contribution in [0.15, 0.2) is 18.2 Å². The Bertz CT molecular complexity index is 724. The number of nitrogens with zero attached hydrogens (tertiary/aromatic N) is 2. The summed E-state index contributed by atoms with van der Waals surface area (Å²) in [4.78, 5) is 18.1. The average molecular weight is 301 g/mol. The molecule has 3 rings (SSSR count). The molecule has 22 heavy (non-hydrogen) atoms. The van der Waals surface area contributed by atoms with Crippen LogP contribution >= 0.6 is 0 Å². The first-order valence-corrected chi connectivity index (χ1v) is 7.36. The number of carbonyl (C=O) groups is 1. The van der Waals surface area contributed by atoms with Crippen molar-refractivity contribution < 1.29 is 14.6 Å². The van der Waals surface area contributed by atoms with Crippen LogP contribution in [0.3, 0.4) is 0 Å². The van der Waals surface area contributed by atoms with Crippen molar-refractivity contribution in [2.75, 3.05) is 30.8 Å². The molecule has 0 saturated carbocycles. The van der Waals surface area contributed by atoms with Crippen LogP contribution in [0.1, 0.15) is 29.8 Å². The highest BCUT2D eigenvalue weighted by molar-refractivity contribution is 6.00. The van der Waals surface area contributed by atoms with Gasteiger partial charge in [-0.1, -0.05) is 0 Å². The number of fused-ring (bicyclic) bond motifs is 1. The molecule has 3 N–H and O–H groups in total. The van der Waals surface area contributed by atoms with Crippen molar-refractivity contribution >= 4 is 28.2 Å². The van der Waals surface area contributed by atoms with Gasteiger partial charge in [0.1, 0.15) is 5.75 Å². The van der Waals surface area contributed by atoms with E-state index in [2.05, 4.69) is 14.6 Å². The Labute approximate surface area is 128 Å². The quantitative estimate of drug-likeness (QED) is 0.653. The number of ether oxygens (including phenoxy) is 1. The second-order valence-corrected chi connectivity index (χ2v) is 5.50. The molecule has 1 fully saturated rings. The summed E-state index contributed by atoms with van der Waals surface area (Å²) in [7, 11) is 1.27. The number of hydrogen-bond acceptors (Lipinski definition) is 6. The van der Waals surface area contributed by atoms with Crippen molar-refractivity contribution in [2.24, 2.45) is 0 Å². The number of methoxy groups -OCH3 is 1. The zero-order valence-corrected chi connectivity index (χ0v) is 12.5. The smallest absolute Gasteiger partial charge is 0.356 e. The third-order valence-corrected chi connectivity index (χ3v) is 4.02. The number of nitrogens with two attached hydrogens (primary N) is 1. The zero-order chi connectivity index (χ0) is 15.7. The van der Waals surface area contributed by atoms with Crippen LogP contribution in [-0.4, -0.2) is 36.3 Å². The van der Waals surface area contributed by atoms with Crippen molar-refractivity contribution in [3.63, 3.8) is 0 Å². The molecule has 2 heterocycles. The molecule has 6 heteroatoms. The topological polar surface area (TPSA) is 88.7 Å². The minimum absolute atomic E-state index is 0.0176. The van der Waals surface area contributed by atoms with Crippen LogP contribution in [-0.2, 0) is 4.74 Å². The van der Waals surface area contributed by atoms with Crippen LogP contribution < -0.4 is 10.6 Å². The Morgan fingerprint density at radius 3 is 2.68 bits per heavy atom. The average Bonchev–Trinajstić information content (AvgIpc) is 2.55. The molecule has 0 atom stereocenters. The standard InChI is InChI=1S/C16H19N3O3/c1-22-16(21)13-9-14(20)11-7-10(8-12(17)15(11)18-13)19-5-3-2-4-6-19/h7-9H,2-6,17H2,1H3,(H,18,20). The molecule has 116 valence electrons. The van der Waals surface area contributed by atoms with Gasteiger partial charge in [-0.05, 0) is 31.4 Å². The SMILES string of the molecule is COC(=O)c1cc(O)c2cc(N3CCCCC3)cc(N)c2n1. The summed E-state index contributed by atoms with van der Waals surface area (Å²) >= 11 is 0. The number of carbonyl (C=O) groups excluding carboxylic acids is 1. The van der Waals surface area contributed by atoms with E-state index in [1.807, 2.05) is 12.1 Å². The predicted octanol–water partition coefficient (Wildman–Crippen LogP) is 2.30. The fourth-order valence-corrected chi connectivity index (χ4v) is 2.86. The normalized spacial score (nSPS) is 15.0. The molecule has 6 nitrogen and oxygen atoms in total. The van der Waals surface area contributed by atoms with Gasteiger partial charge >= 0.3 is 5.97 Å². The lowest BCUT2D eigenvalue weighted by Gasteiger charge is -2.29. The monoisotopic (exact) mass is 301 g/mol. The maximum atomic E-state index is 11.6. The summed E-state index contributed by atoms with van der Waals surface area (Å²) in [5.41, 5.74) is 7.98. The lowest BCUT2D eigenvalue weighted by Crippen LogP contribution is -2.29. The first kappa shape index (κ1) is 14.4. The summed E-state index contributed by atoms with van der Waals surface area (Å²) in [6.45, 7) is 1.97. The van der Waals surface area contributed by atoms with Crippen LogP contribution in [0.2, 0.25) is 0 Å². The van der Waals surface area contributed by atoms with Gasteiger partial charge in [-0.3, -0.25) is 0 Å². The molecule has 0 aliphatic carbocycles. The molecular formula is C16H19N3O3. The minimum Gasteiger partial charge on any atom is -0.507 e. The van der Waals surface area contributed by atoms with E-state index in [1.165, 1.54) is 19.6 Å². The van der Waals surface area contributed by atoms with Crippen molar-refractivity contribution in [1.29, 1.82) is 0 Å². The Kier molecular flexibility index (Phi) is 3.75. The highest BCUT2D eigenvalue weighted by Crippen LogP contribution is 2.34. The van der Waals surface area contributed by atoms with E-state index < -0.39 is 5.97 Å². The van der Waals surface area contributed by atoms with Gasteiger partial charge < -0.3 is 20.5 Å². The van der Waals surface area contributed by atoms with Crippen LogP contribution in [0, 0.1) is 0 Å². The Morgan fingerprint density at radius 2 is 2.00 bits per heavy atom. The van der Waals surface area contributed by atoms with E-state index in [4.69, 9.17) is 5.73 Å². The lowest BCUT2D eigenvalue weighted by atomic mass is 10.1. The van der Waals surface area contributed by atoms with Gasteiger partial charge in [-0.2, -0.15) is 0 Å². The molecule has 2 aromatic rings. The lowest BCUT2D eigenvalue weighted by molar-refractivity contribution is 0.0594. The number of esters is 1. The van der Waals surface area contributed by atoms with Gasteiger partial charge in [0.2, 0.25) is 0 Å². The number of benzene rings is 1. The number of rotatable bonds is 2. The highest BCUT2D eigenvalue weighted by Gasteiger charge is 2.17. The molecule has 0 radical (unpaired) electrons. The number of piperidine rings is 1. The van der Waals surface area contributed by atoms with Crippen molar-refractivity contribution in [3.05, 3.63) is 23.9 Å². The van der Waals surface area contributed by atoms with Crippen LogP contribution in [0.25, 0.3) is 10.9 Å². The third-order valence-electron chi connectivity index (χ3n) is 4.02. The van der Waals surface area contributed by atoms with Crippen LogP contribution in [0.5, 0.6) is 5.75 Å². The van der Waals surface area contributed by atoms with E-state index >= 15 is 0 Å². The molecule has 1 saturated heterocycles. The number of nitrogen functional groups attached to an aromatic ring is 1. The number of aromatic nitrogens is 1. The van der Waals surface area contributed by atoms with E-state index in [9.17, 15) is 9.90 Å². The van der Waals surface area contributed by atoms with Crippen LogP contribution in [0.4, 0.5) is 11.4 Å². The maximum Gasteiger partial charge on any atom is 0.356 e. The molecular weight excluding hydrogens is 282 g/mol. The van der Waals surface area contributed by atoms with Crippen molar-refractivity contribution in [3.8, 4) is 5.75 Å². The van der Waals surface area contributed by atoms with Crippen molar-refractivity contribution in [2.45, 2.75) is 19.3 Å². The van der Waals surface area contributed by atoms with Gasteiger partial charge in [0, 0.05) is 30.2 Å². The molecule has 0 unspecified atom stereocenters. The second kappa shape index (κ2) is 5.71. The molecule has 0 bridgehead atoms. The first-order chi connectivity index (χ1) is 10.6. The third kappa shape index (κ3) is 2.52. The maximum absolute atomic E-state index is 11.6.